The average Bonchev–Trinajstić information content (AvgIpc) is 3.10. The SMILES string of the molecule is COc1cccc(CN2CCn3c(nnc3C3CCCCN3S(C)(=O)=O)C2)n1. The molecule has 1 unspecified atom stereocenters. The van der Waals surface area contributed by atoms with Gasteiger partial charge in [0.15, 0.2) is 5.82 Å². The van der Waals surface area contributed by atoms with Crippen molar-refractivity contribution in [1.82, 2.24) is 29.0 Å². The Morgan fingerprint density at radius 2 is 2.04 bits per heavy atom. The van der Waals surface area contributed by atoms with Crippen LogP contribution in [0.5, 0.6) is 5.88 Å². The molecule has 0 N–H and O–H groups in total. The minimum absolute atomic E-state index is 0.211. The Morgan fingerprint density at radius 3 is 2.82 bits per heavy atom. The van der Waals surface area contributed by atoms with Crippen LogP contribution in [0.3, 0.4) is 0 Å². The molecule has 0 amide bonds. The monoisotopic (exact) mass is 406 g/mol. The number of ether oxygens (including phenoxy) is 1. The number of sulfonamides is 1. The minimum atomic E-state index is -3.26. The summed E-state index contributed by atoms with van der Waals surface area (Å²) < 4.78 is 33.3. The van der Waals surface area contributed by atoms with Crippen LogP contribution in [0.4, 0.5) is 0 Å². The molecule has 4 rings (SSSR count). The molecule has 1 saturated heterocycles. The molecular weight excluding hydrogens is 380 g/mol. The van der Waals surface area contributed by atoms with Crippen molar-refractivity contribution >= 4 is 10.0 Å². The van der Waals surface area contributed by atoms with Crippen LogP contribution in [0.15, 0.2) is 18.2 Å². The Bertz CT molecular complexity index is 945. The summed E-state index contributed by atoms with van der Waals surface area (Å²) in [6.45, 7) is 3.51. The number of fused-ring (bicyclic) bond motifs is 1. The van der Waals surface area contributed by atoms with Crippen LogP contribution in [-0.2, 0) is 29.7 Å². The second-order valence-corrected chi connectivity index (χ2v) is 9.33. The number of hydrogen-bond acceptors (Lipinski definition) is 7. The van der Waals surface area contributed by atoms with Crippen molar-refractivity contribution in [3.05, 3.63) is 35.5 Å². The predicted octanol–water partition coefficient (Wildman–Crippen LogP) is 1.18. The van der Waals surface area contributed by atoms with Gasteiger partial charge < -0.3 is 9.30 Å². The maximum atomic E-state index is 12.2. The van der Waals surface area contributed by atoms with Gasteiger partial charge in [-0.15, -0.1) is 10.2 Å². The van der Waals surface area contributed by atoms with Crippen LogP contribution < -0.4 is 4.74 Å². The number of hydrogen-bond donors (Lipinski definition) is 0. The third kappa shape index (κ3) is 3.89. The number of methoxy groups -OCH3 is 1. The first-order chi connectivity index (χ1) is 13.5. The molecule has 0 aromatic carbocycles. The second kappa shape index (κ2) is 7.76. The van der Waals surface area contributed by atoms with Gasteiger partial charge in [-0.2, -0.15) is 4.31 Å². The summed E-state index contributed by atoms with van der Waals surface area (Å²) in [4.78, 5) is 6.75. The second-order valence-electron chi connectivity index (χ2n) is 7.39. The first kappa shape index (κ1) is 19.3. The molecule has 0 radical (unpaired) electrons. The molecule has 2 aromatic heterocycles. The Morgan fingerprint density at radius 1 is 1.18 bits per heavy atom. The lowest BCUT2D eigenvalue weighted by Crippen LogP contribution is -2.40. The standard InChI is InChI=1S/C18H26N6O3S/c1-27-17-8-5-6-14(19-17)12-22-10-11-23-16(13-22)20-21-18(23)15-7-3-4-9-24(15)28(2,25)26/h5-6,8,15H,3-4,7,9-13H2,1-2H3. The normalized spacial score (nSPS) is 21.4. The zero-order valence-corrected chi connectivity index (χ0v) is 17.1. The number of aromatic nitrogens is 4. The van der Waals surface area contributed by atoms with Crippen molar-refractivity contribution < 1.29 is 13.2 Å². The molecule has 0 saturated carbocycles. The minimum Gasteiger partial charge on any atom is -0.481 e. The molecule has 2 aromatic rings. The molecule has 2 aliphatic heterocycles. The number of rotatable bonds is 5. The molecule has 0 bridgehead atoms. The summed E-state index contributed by atoms with van der Waals surface area (Å²) in [5, 5.41) is 8.78. The van der Waals surface area contributed by atoms with E-state index in [4.69, 9.17) is 4.74 Å². The Labute approximate surface area is 165 Å². The molecule has 10 heteroatoms. The summed E-state index contributed by atoms with van der Waals surface area (Å²) in [6, 6.07) is 5.55. The molecule has 9 nitrogen and oxygen atoms in total. The quantitative estimate of drug-likeness (QED) is 0.736. The van der Waals surface area contributed by atoms with Gasteiger partial charge in [0.05, 0.1) is 31.6 Å². The van der Waals surface area contributed by atoms with Crippen molar-refractivity contribution in [1.29, 1.82) is 0 Å². The van der Waals surface area contributed by atoms with Crippen molar-refractivity contribution in [3.63, 3.8) is 0 Å². The van der Waals surface area contributed by atoms with Crippen LogP contribution >= 0.6 is 0 Å². The van der Waals surface area contributed by atoms with Crippen molar-refractivity contribution in [2.24, 2.45) is 0 Å². The summed E-state index contributed by atoms with van der Waals surface area (Å²) in [5.41, 5.74) is 0.947. The predicted molar refractivity (Wildman–Crippen MR) is 103 cm³/mol. The van der Waals surface area contributed by atoms with Crippen LogP contribution in [0.2, 0.25) is 0 Å². The fraction of sp³-hybridized carbons (Fsp3) is 0.611. The largest absolute Gasteiger partial charge is 0.481 e. The van der Waals surface area contributed by atoms with E-state index in [9.17, 15) is 8.42 Å². The van der Waals surface area contributed by atoms with E-state index >= 15 is 0 Å². The van der Waals surface area contributed by atoms with Gasteiger partial charge in [-0.05, 0) is 18.9 Å². The zero-order chi connectivity index (χ0) is 19.7. The molecule has 0 spiro atoms. The summed E-state index contributed by atoms with van der Waals surface area (Å²) in [6.07, 6.45) is 3.97. The lowest BCUT2D eigenvalue weighted by Gasteiger charge is -2.34. The first-order valence-corrected chi connectivity index (χ1v) is 11.4. The lowest BCUT2D eigenvalue weighted by atomic mass is 10.0. The maximum Gasteiger partial charge on any atom is 0.213 e. The highest BCUT2D eigenvalue weighted by Gasteiger charge is 2.35. The fourth-order valence-electron chi connectivity index (χ4n) is 4.06. The van der Waals surface area contributed by atoms with Crippen LogP contribution in [0, 0.1) is 0 Å². The van der Waals surface area contributed by atoms with E-state index in [-0.39, 0.29) is 6.04 Å². The Balaban J connectivity index is 1.51. The van der Waals surface area contributed by atoms with E-state index in [1.807, 2.05) is 18.2 Å². The molecule has 1 fully saturated rings. The van der Waals surface area contributed by atoms with Gasteiger partial charge in [0.25, 0.3) is 0 Å². The van der Waals surface area contributed by atoms with Crippen LogP contribution in [0.1, 0.15) is 42.6 Å². The van der Waals surface area contributed by atoms with E-state index < -0.39 is 10.0 Å². The lowest BCUT2D eigenvalue weighted by molar-refractivity contribution is 0.194. The molecule has 4 heterocycles. The zero-order valence-electron chi connectivity index (χ0n) is 16.3. The van der Waals surface area contributed by atoms with Gasteiger partial charge >= 0.3 is 0 Å². The molecule has 0 aliphatic carbocycles. The van der Waals surface area contributed by atoms with Crippen molar-refractivity contribution in [2.45, 2.75) is 44.9 Å². The van der Waals surface area contributed by atoms with E-state index in [1.54, 1.807) is 11.4 Å². The van der Waals surface area contributed by atoms with E-state index in [0.717, 1.165) is 49.7 Å². The van der Waals surface area contributed by atoms with Gasteiger partial charge in [-0.25, -0.2) is 13.4 Å². The Hall–Kier alpha value is -2.04. The highest BCUT2D eigenvalue weighted by molar-refractivity contribution is 7.88. The number of pyridine rings is 1. The summed E-state index contributed by atoms with van der Waals surface area (Å²) >= 11 is 0. The third-order valence-electron chi connectivity index (χ3n) is 5.41. The topological polar surface area (TPSA) is 93.5 Å². The Kier molecular flexibility index (Phi) is 5.35. The molecule has 1 atom stereocenters. The van der Waals surface area contributed by atoms with E-state index in [2.05, 4.69) is 24.6 Å². The van der Waals surface area contributed by atoms with Crippen molar-refractivity contribution in [2.75, 3.05) is 26.5 Å². The molecular formula is C18H26N6O3S. The van der Waals surface area contributed by atoms with Gasteiger partial charge in [0, 0.05) is 32.2 Å². The smallest absolute Gasteiger partial charge is 0.213 e. The molecule has 2 aliphatic rings. The van der Waals surface area contributed by atoms with Crippen LogP contribution in [-0.4, -0.2) is 63.8 Å². The van der Waals surface area contributed by atoms with Crippen LogP contribution in [0.25, 0.3) is 0 Å². The highest BCUT2D eigenvalue weighted by Crippen LogP contribution is 2.33. The number of piperidine rings is 1. The number of nitrogens with zero attached hydrogens (tertiary/aromatic N) is 6. The van der Waals surface area contributed by atoms with Gasteiger partial charge in [0.1, 0.15) is 5.82 Å². The average molecular weight is 407 g/mol. The van der Waals surface area contributed by atoms with Crippen molar-refractivity contribution in [3.8, 4) is 5.88 Å². The molecule has 152 valence electrons. The van der Waals surface area contributed by atoms with E-state index in [0.29, 0.717) is 25.5 Å². The third-order valence-corrected chi connectivity index (χ3v) is 6.70. The van der Waals surface area contributed by atoms with Gasteiger partial charge in [-0.1, -0.05) is 12.5 Å². The maximum absolute atomic E-state index is 12.2. The summed E-state index contributed by atoms with van der Waals surface area (Å²) in [5.74, 6) is 2.26. The molecule has 28 heavy (non-hydrogen) atoms. The fourth-order valence-corrected chi connectivity index (χ4v) is 5.18. The van der Waals surface area contributed by atoms with Gasteiger partial charge in [-0.3, -0.25) is 4.90 Å². The summed E-state index contributed by atoms with van der Waals surface area (Å²) in [7, 11) is -1.65. The van der Waals surface area contributed by atoms with E-state index in [1.165, 1.54) is 6.26 Å². The highest BCUT2D eigenvalue weighted by atomic mass is 32.2. The van der Waals surface area contributed by atoms with Gasteiger partial charge in [0.2, 0.25) is 15.9 Å². The first-order valence-electron chi connectivity index (χ1n) is 9.57.